The summed E-state index contributed by atoms with van der Waals surface area (Å²) in [6.45, 7) is 0. The minimum atomic E-state index is 0.861. The van der Waals surface area contributed by atoms with Crippen LogP contribution in [0.5, 0.6) is 0 Å². The summed E-state index contributed by atoms with van der Waals surface area (Å²) in [5.41, 5.74) is 0. The van der Waals surface area contributed by atoms with Crippen molar-refractivity contribution in [2.75, 3.05) is 0 Å². The third-order valence-corrected chi connectivity index (χ3v) is 3.18. The normalized spacial score (nSPS) is 23.4. The minimum Gasteiger partial charge on any atom is -0.351 e. The fourth-order valence-corrected chi connectivity index (χ4v) is 2.29. The standard InChI is InChI=1S/C11H15N/c1-2-8-12(7-1)11(9-3-4-9)10-5-6-10/h1-2,7-11H,3-6H2. The Morgan fingerprint density at radius 2 is 1.42 bits per heavy atom. The van der Waals surface area contributed by atoms with Crippen LogP contribution in [0, 0.1) is 11.8 Å². The third-order valence-electron chi connectivity index (χ3n) is 3.18. The molecule has 0 N–H and O–H groups in total. The largest absolute Gasteiger partial charge is 0.351 e. The van der Waals surface area contributed by atoms with E-state index in [1.54, 1.807) is 0 Å². The second kappa shape index (κ2) is 2.38. The van der Waals surface area contributed by atoms with Crippen LogP contribution in [-0.2, 0) is 0 Å². The predicted molar refractivity (Wildman–Crippen MR) is 48.9 cm³/mol. The van der Waals surface area contributed by atoms with Gasteiger partial charge >= 0.3 is 0 Å². The molecular formula is C11H15N. The maximum atomic E-state index is 2.44. The summed E-state index contributed by atoms with van der Waals surface area (Å²) >= 11 is 0. The Hall–Kier alpha value is -0.720. The Morgan fingerprint density at radius 1 is 0.917 bits per heavy atom. The van der Waals surface area contributed by atoms with Gasteiger partial charge in [0.2, 0.25) is 0 Å². The predicted octanol–water partition coefficient (Wildman–Crippen LogP) is 2.85. The van der Waals surface area contributed by atoms with Crippen LogP contribution in [0.3, 0.4) is 0 Å². The van der Waals surface area contributed by atoms with E-state index < -0.39 is 0 Å². The molecule has 2 fully saturated rings. The molecule has 0 spiro atoms. The molecule has 64 valence electrons. The number of nitrogens with zero attached hydrogens (tertiary/aromatic N) is 1. The molecule has 2 aliphatic rings. The number of rotatable bonds is 3. The molecule has 0 unspecified atom stereocenters. The first-order chi connectivity index (χ1) is 5.95. The highest BCUT2D eigenvalue weighted by atomic mass is 15.0. The van der Waals surface area contributed by atoms with Gasteiger partial charge in [-0.05, 0) is 49.7 Å². The highest BCUT2D eigenvalue weighted by Gasteiger charge is 2.41. The van der Waals surface area contributed by atoms with Gasteiger partial charge in [0.1, 0.15) is 0 Å². The Balaban J connectivity index is 1.85. The van der Waals surface area contributed by atoms with Crippen LogP contribution in [0.1, 0.15) is 31.7 Å². The number of aromatic nitrogens is 1. The molecule has 0 aromatic carbocycles. The van der Waals surface area contributed by atoms with E-state index in [2.05, 4.69) is 29.1 Å². The van der Waals surface area contributed by atoms with E-state index in [-0.39, 0.29) is 0 Å². The van der Waals surface area contributed by atoms with E-state index in [4.69, 9.17) is 0 Å². The van der Waals surface area contributed by atoms with Crippen LogP contribution in [-0.4, -0.2) is 4.57 Å². The van der Waals surface area contributed by atoms with Crippen LogP contribution in [0.15, 0.2) is 24.5 Å². The lowest BCUT2D eigenvalue weighted by molar-refractivity contribution is 0.396. The first kappa shape index (κ1) is 6.76. The van der Waals surface area contributed by atoms with Crippen molar-refractivity contribution in [1.82, 2.24) is 4.57 Å². The molecule has 1 heterocycles. The highest BCUT2D eigenvalue weighted by Crippen LogP contribution is 2.51. The van der Waals surface area contributed by atoms with Gasteiger partial charge in [-0.1, -0.05) is 0 Å². The van der Waals surface area contributed by atoms with Gasteiger partial charge in [0.05, 0.1) is 0 Å². The van der Waals surface area contributed by atoms with Crippen molar-refractivity contribution in [3.63, 3.8) is 0 Å². The highest BCUT2D eigenvalue weighted by molar-refractivity contribution is 5.01. The van der Waals surface area contributed by atoms with E-state index in [0.29, 0.717) is 0 Å². The van der Waals surface area contributed by atoms with Crippen LogP contribution < -0.4 is 0 Å². The molecule has 0 radical (unpaired) electrons. The third kappa shape index (κ3) is 1.08. The fourth-order valence-electron chi connectivity index (χ4n) is 2.29. The molecule has 0 bridgehead atoms. The molecule has 2 aliphatic carbocycles. The van der Waals surface area contributed by atoms with Crippen molar-refractivity contribution in [2.24, 2.45) is 11.8 Å². The van der Waals surface area contributed by atoms with Crippen molar-refractivity contribution < 1.29 is 0 Å². The summed E-state index contributed by atoms with van der Waals surface area (Å²) < 4.78 is 2.44. The van der Waals surface area contributed by atoms with Crippen molar-refractivity contribution in [3.8, 4) is 0 Å². The van der Waals surface area contributed by atoms with Crippen molar-refractivity contribution in [2.45, 2.75) is 31.7 Å². The van der Waals surface area contributed by atoms with Gasteiger partial charge in [0.15, 0.2) is 0 Å². The maximum Gasteiger partial charge on any atom is 0.0387 e. The Bertz CT molecular complexity index is 243. The molecule has 1 aromatic rings. The second-order valence-electron chi connectivity index (χ2n) is 4.30. The molecular weight excluding hydrogens is 146 g/mol. The topological polar surface area (TPSA) is 4.93 Å². The molecule has 1 nitrogen and oxygen atoms in total. The van der Waals surface area contributed by atoms with E-state index in [1.807, 2.05) is 0 Å². The molecule has 2 saturated carbocycles. The molecule has 0 saturated heterocycles. The van der Waals surface area contributed by atoms with Crippen LogP contribution >= 0.6 is 0 Å². The van der Waals surface area contributed by atoms with Gasteiger partial charge in [-0.25, -0.2) is 0 Å². The van der Waals surface area contributed by atoms with Gasteiger partial charge < -0.3 is 4.57 Å². The van der Waals surface area contributed by atoms with Gasteiger partial charge in [0.25, 0.3) is 0 Å². The van der Waals surface area contributed by atoms with Gasteiger partial charge in [-0.15, -0.1) is 0 Å². The zero-order valence-electron chi connectivity index (χ0n) is 7.32. The maximum absolute atomic E-state index is 2.44. The SMILES string of the molecule is c1ccn(C(C2CC2)C2CC2)c1. The van der Waals surface area contributed by atoms with Crippen molar-refractivity contribution >= 4 is 0 Å². The first-order valence-electron chi connectivity index (χ1n) is 5.07. The van der Waals surface area contributed by atoms with Crippen molar-refractivity contribution in [3.05, 3.63) is 24.5 Å². The lowest BCUT2D eigenvalue weighted by atomic mass is 10.1. The summed E-state index contributed by atoms with van der Waals surface area (Å²) in [7, 11) is 0. The average molecular weight is 161 g/mol. The lowest BCUT2D eigenvalue weighted by Gasteiger charge is -2.17. The fraction of sp³-hybridized carbons (Fsp3) is 0.636. The van der Waals surface area contributed by atoms with Crippen LogP contribution in [0.4, 0.5) is 0 Å². The summed E-state index contributed by atoms with van der Waals surface area (Å²) in [4.78, 5) is 0. The molecule has 3 rings (SSSR count). The molecule has 12 heavy (non-hydrogen) atoms. The summed E-state index contributed by atoms with van der Waals surface area (Å²) in [6, 6.07) is 5.16. The first-order valence-corrected chi connectivity index (χ1v) is 5.07. The van der Waals surface area contributed by atoms with Gasteiger partial charge in [-0.2, -0.15) is 0 Å². The number of hydrogen-bond acceptors (Lipinski definition) is 0. The van der Waals surface area contributed by atoms with Crippen LogP contribution in [0.25, 0.3) is 0 Å². The van der Waals surface area contributed by atoms with Gasteiger partial charge in [0, 0.05) is 18.4 Å². The minimum absolute atomic E-state index is 0.861. The Kier molecular flexibility index (Phi) is 1.34. The van der Waals surface area contributed by atoms with Crippen molar-refractivity contribution in [1.29, 1.82) is 0 Å². The Morgan fingerprint density at radius 3 is 1.83 bits per heavy atom. The van der Waals surface area contributed by atoms with Gasteiger partial charge in [-0.3, -0.25) is 0 Å². The Labute approximate surface area is 73.4 Å². The summed E-state index contributed by atoms with van der Waals surface area (Å²) in [5.74, 6) is 2.04. The van der Waals surface area contributed by atoms with Crippen LogP contribution in [0.2, 0.25) is 0 Å². The van der Waals surface area contributed by atoms with E-state index in [0.717, 1.165) is 17.9 Å². The smallest absolute Gasteiger partial charge is 0.0387 e. The van der Waals surface area contributed by atoms with E-state index >= 15 is 0 Å². The quantitative estimate of drug-likeness (QED) is 0.642. The molecule has 0 amide bonds. The van der Waals surface area contributed by atoms with E-state index in [9.17, 15) is 0 Å². The lowest BCUT2D eigenvalue weighted by Crippen LogP contribution is -2.11. The average Bonchev–Trinajstić information content (AvgIpc) is 2.95. The van der Waals surface area contributed by atoms with E-state index in [1.165, 1.54) is 25.7 Å². The zero-order chi connectivity index (χ0) is 7.97. The molecule has 1 aromatic heterocycles. The number of hydrogen-bond donors (Lipinski definition) is 0. The summed E-state index contributed by atoms with van der Waals surface area (Å²) in [6.07, 6.45) is 10.4. The second-order valence-corrected chi connectivity index (χ2v) is 4.30. The summed E-state index contributed by atoms with van der Waals surface area (Å²) in [5, 5.41) is 0. The molecule has 1 heteroatoms. The molecule has 0 atom stereocenters. The zero-order valence-corrected chi connectivity index (χ0v) is 7.32. The monoisotopic (exact) mass is 161 g/mol. The molecule has 0 aliphatic heterocycles.